The Bertz CT molecular complexity index is 1020. The molecule has 1 atom stereocenters. The largest absolute Gasteiger partial charge is 0.484 e. The molecule has 0 bridgehead atoms. The molecule has 0 fully saturated rings. The zero-order valence-electron chi connectivity index (χ0n) is 17.4. The van der Waals surface area contributed by atoms with Gasteiger partial charge in [-0.1, -0.05) is 26.0 Å². The molecule has 0 aromatic heterocycles. The molecule has 0 radical (unpaired) electrons. The molecule has 1 amide bonds. The van der Waals surface area contributed by atoms with Crippen LogP contribution in [0.5, 0.6) is 5.75 Å². The molecule has 2 aromatic carbocycles. The van der Waals surface area contributed by atoms with Gasteiger partial charge in [0.2, 0.25) is 0 Å². The fraction of sp³-hybridized carbons (Fsp3) is 0.409. The number of carbonyl (C=O) groups excluding carboxylic acids is 1. The number of thiol groups is 1. The lowest BCUT2D eigenvalue weighted by molar-refractivity contribution is -0.123. The van der Waals surface area contributed by atoms with Crippen molar-refractivity contribution in [3.63, 3.8) is 0 Å². The van der Waals surface area contributed by atoms with Crippen molar-refractivity contribution in [2.45, 2.75) is 45.1 Å². The summed E-state index contributed by atoms with van der Waals surface area (Å²) in [5.74, 6) is -0.258. The van der Waals surface area contributed by atoms with Crippen LogP contribution in [0.2, 0.25) is 0 Å². The normalized spacial score (nSPS) is 16.0. The van der Waals surface area contributed by atoms with Gasteiger partial charge in [0.05, 0.1) is 7.11 Å². The van der Waals surface area contributed by atoms with Crippen molar-refractivity contribution in [2.75, 3.05) is 13.7 Å². The van der Waals surface area contributed by atoms with Crippen LogP contribution >= 0.6 is 0 Å². The second-order valence-corrected chi connectivity index (χ2v) is 8.97. The van der Waals surface area contributed by atoms with E-state index < -0.39 is 16.7 Å². The standard InChI is InChI=1S/C22H27FN2O4S/c1-22(2)10-4-5-16-12-17(7-8-18(16)22)29-14-21(26)24-13-15-6-9-20(19(23)11-15)25-30(27)28-3/h6-9,11-12,30H,4-5,10,13-14H2,1-3H3,(H,24,26). The summed E-state index contributed by atoms with van der Waals surface area (Å²) in [6.07, 6.45) is 3.34. The zero-order valence-corrected chi connectivity index (χ0v) is 18.3. The van der Waals surface area contributed by atoms with Gasteiger partial charge >= 0.3 is 0 Å². The molecule has 0 spiro atoms. The number of carbonyl (C=O) groups is 1. The number of amides is 1. The summed E-state index contributed by atoms with van der Waals surface area (Å²) in [6, 6.07) is 10.3. The number of hydrogen-bond acceptors (Lipinski definition) is 5. The molecule has 1 aliphatic rings. The van der Waals surface area contributed by atoms with Crippen LogP contribution in [0.15, 0.2) is 40.8 Å². The van der Waals surface area contributed by atoms with E-state index in [4.69, 9.17) is 4.74 Å². The van der Waals surface area contributed by atoms with Crippen LogP contribution in [-0.2, 0) is 38.2 Å². The van der Waals surface area contributed by atoms with Gasteiger partial charge in [0.15, 0.2) is 17.5 Å². The highest BCUT2D eigenvalue weighted by molar-refractivity contribution is 7.69. The van der Waals surface area contributed by atoms with Crippen LogP contribution in [0.25, 0.3) is 0 Å². The minimum absolute atomic E-state index is 0.0491. The topological polar surface area (TPSA) is 77.0 Å². The number of nitrogens with zero attached hydrogens (tertiary/aromatic N) is 1. The number of halogens is 1. The molecule has 0 aliphatic heterocycles. The van der Waals surface area contributed by atoms with Crippen molar-refractivity contribution >= 4 is 22.5 Å². The Kier molecular flexibility index (Phi) is 7.10. The number of fused-ring (bicyclic) bond motifs is 1. The first-order valence-electron chi connectivity index (χ1n) is 9.83. The first kappa shape index (κ1) is 22.2. The summed E-state index contributed by atoms with van der Waals surface area (Å²) in [7, 11) is -1.05. The maximum atomic E-state index is 14.0. The van der Waals surface area contributed by atoms with E-state index in [0.717, 1.165) is 12.8 Å². The second-order valence-electron chi connectivity index (χ2n) is 7.93. The number of nitrogens with one attached hydrogen (secondary N) is 1. The number of hydrogen-bond donors (Lipinski definition) is 2. The van der Waals surface area contributed by atoms with Gasteiger partial charge in [-0.2, -0.15) is 4.36 Å². The van der Waals surface area contributed by atoms with Gasteiger partial charge in [0, 0.05) is 6.54 Å². The molecule has 0 heterocycles. The van der Waals surface area contributed by atoms with Crippen molar-refractivity contribution in [3.05, 3.63) is 58.9 Å². The Morgan fingerprint density at radius 1 is 1.27 bits per heavy atom. The highest BCUT2D eigenvalue weighted by atomic mass is 32.2. The molecule has 8 heteroatoms. The lowest BCUT2D eigenvalue weighted by Crippen LogP contribution is -2.28. The van der Waals surface area contributed by atoms with Gasteiger partial charge in [-0.15, -0.1) is 0 Å². The number of benzene rings is 2. The highest BCUT2D eigenvalue weighted by Gasteiger charge is 2.27. The SMILES string of the molecule is CO[SH](=O)=Nc1ccc(CNC(=O)COc2ccc3c(c2)CCCC3(C)C)cc1F. The third kappa shape index (κ3) is 5.58. The quantitative estimate of drug-likeness (QED) is 0.646. The van der Waals surface area contributed by atoms with Crippen LogP contribution in [0.1, 0.15) is 43.4 Å². The minimum Gasteiger partial charge on any atom is -0.484 e. The smallest absolute Gasteiger partial charge is 0.258 e. The predicted molar refractivity (Wildman–Crippen MR) is 115 cm³/mol. The Morgan fingerprint density at radius 3 is 2.80 bits per heavy atom. The summed E-state index contributed by atoms with van der Waals surface area (Å²) in [5.41, 5.74) is 3.30. The summed E-state index contributed by atoms with van der Waals surface area (Å²) < 4.78 is 39.1. The molecule has 6 nitrogen and oxygen atoms in total. The first-order valence-corrected chi connectivity index (χ1v) is 11.0. The number of aryl methyl sites for hydroxylation is 1. The molecular formula is C22H27FN2O4S. The monoisotopic (exact) mass is 434 g/mol. The van der Waals surface area contributed by atoms with Gasteiger partial charge in [0.25, 0.3) is 5.91 Å². The van der Waals surface area contributed by atoms with Crippen molar-refractivity contribution in [3.8, 4) is 5.75 Å². The average Bonchev–Trinajstić information content (AvgIpc) is 2.72. The zero-order chi connectivity index (χ0) is 21.7. The van der Waals surface area contributed by atoms with Gasteiger partial charge in [0.1, 0.15) is 17.3 Å². The minimum atomic E-state index is -2.29. The van der Waals surface area contributed by atoms with E-state index in [-0.39, 0.29) is 30.2 Å². The molecule has 2 aromatic rings. The molecule has 162 valence electrons. The van der Waals surface area contributed by atoms with E-state index in [2.05, 4.69) is 33.8 Å². The summed E-state index contributed by atoms with van der Waals surface area (Å²) in [6.45, 7) is 4.53. The molecule has 1 N–H and O–H groups in total. The maximum Gasteiger partial charge on any atom is 0.258 e. The Hall–Kier alpha value is -2.45. The fourth-order valence-corrected chi connectivity index (χ4v) is 4.07. The third-order valence-corrected chi connectivity index (χ3v) is 5.96. The van der Waals surface area contributed by atoms with E-state index in [0.29, 0.717) is 11.3 Å². The van der Waals surface area contributed by atoms with Crippen LogP contribution < -0.4 is 10.1 Å². The molecular weight excluding hydrogens is 407 g/mol. The van der Waals surface area contributed by atoms with Crippen LogP contribution in [0.4, 0.5) is 10.1 Å². The van der Waals surface area contributed by atoms with Crippen molar-refractivity contribution < 1.29 is 22.3 Å². The van der Waals surface area contributed by atoms with Gasteiger partial charge in [-0.05, 0) is 65.6 Å². The van der Waals surface area contributed by atoms with E-state index in [1.54, 1.807) is 6.07 Å². The van der Waals surface area contributed by atoms with Gasteiger partial charge in [-0.3, -0.25) is 8.98 Å². The summed E-state index contributed by atoms with van der Waals surface area (Å²) in [4.78, 5) is 12.1. The number of ether oxygens (including phenoxy) is 1. The highest BCUT2D eigenvalue weighted by Crippen LogP contribution is 2.38. The van der Waals surface area contributed by atoms with E-state index in [9.17, 15) is 13.4 Å². The Balaban J connectivity index is 1.53. The molecule has 0 saturated carbocycles. The molecule has 30 heavy (non-hydrogen) atoms. The number of rotatable bonds is 7. The van der Waals surface area contributed by atoms with Gasteiger partial charge in [-0.25, -0.2) is 8.60 Å². The third-order valence-electron chi connectivity index (χ3n) is 5.27. The Morgan fingerprint density at radius 2 is 2.07 bits per heavy atom. The van der Waals surface area contributed by atoms with E-state index in [1.165, 1.54) is 36.8 Å². The molecule has 1 aliphatic carbocycles. The maximum absolute atomic E-state index is 14.0. The predicted octanol–water partition coefficient (Wildman–Crippen LogP) is 3.99. The van der Waals surface area contributed by atoms with Crippen molar-refractivity contribution in [2.24, 2.45) is 4.36 Å². The van der Waals surface area contributed by atoms with Crippen molar-refractivity contribution in [1.29, 1.82) is 0 Å². The Labute approximate surface area is 178 Å². The summed E-state index contributed by atoms with van der Waals surface area (Å²) in [5, 5.41) is 2.70. The molecule has 3 rings (SSSR count). The average molecular weight is 435 g/mol. The lowest BCUT2D eigenvalue weighted by Gasteiger charge is -2.32. The van der Waals surface area contributed by atoms with E-state index in [1.807, 2.05) is 12.1 Å². The summed E-state index contributed by atoms with van der Waals surface area (Å²) >= 11 is 0. The molecule has 0 saturated heterocycles. The van der Waals surface area contributed by atoms with E-state index >= 15 is 0 Å². The van der Waals surface area contributed by atoms with Crippen LogP contribution in [0.3, 0.4) is 0 Å². The lowest BCUT2D eigenvalue weighted by atomic mass is 9.73. The second kappa shape index (κ2) is 9.57. The first-order chi connectivity index (χ1) is 14.3. The van der Waals surface area contributed by atoms with Crippen molar-refractivity contribution in [1.82, 2.24) is 5.32 Å². The molecule has 1 unspecified atom stereocenters. The fourth-order valence-electron chi connectivity index (χ4n) is 3.65. The van der Waals surface area contributed by atoms with Crippen LogP contribution in [0, 0.1) is 5.82 Å². The van der Waals surface area contributed by atoms with Crippen LogP contribution in [-0.4, -0.2) is 23.8 Å². The van der Waals surface area contributed by atoms with Gasteiger partial charge < -0.3 is 10.1 Å².